The second-order valence-corrected chi connectivity index (χ2v) is 9.17. The number of hydrogen-bond acceptors (Lipinski definition) is 3. The average molecular weight is 394 g/mol. The summed E-state index contributed by atoms with van der Waals surface area (Å²) in [6.07, 6.45) is 3.81. The quantitative estimate of drug-likeness (QED) is 0.841. The third kappa shape index (κ3) is 4.23. The molecule has 2 saturated heterocycles. The van der Waals surface area contributed by atoms with Gasteiger partial charge in [-0.1, -0.05) is 23.2 Å². The van der Waals surface area contributed by atoms with Gasteiger partial charge in [-0.3, -0.25) is 0 Å². The molecule has 1 N–H and O–H groups in total. The van der Waals surface area contributed by atoms with E-state index < -0.39 is 10.0 Å². The topological polar surface area (TPSA) is 51.0 Å². The molecule has 0 unspecified atom stereocenters. The van der Waals surface area contributed by atoms with Crippen LogP contribution in [0.5, 0.6) is 0 Å². The highest BCUT2D eigenvalue weighted by Crippen LogP contribution is 2.27. The van der Waals surface area contributed by atoms with Crippen LogP contribution in [0.15, 0.2) is 23.1 Å². The normalized spacial score (nSPS) is 24.2. The SMILES string of the molecule is O=S(=O)(c1cc(Cl)ccc1Cl)N1CC[NH+](C[C@H]2CCCCO2)CC1. The molecule has 0 aliphatic carbocycles. The maximum Gasteiger partial charge on any atom is 0.245 e. The summed E-state index contributed by atoms with van der Waals surface area (Å²) in [5.41, 5.74) is 0. The van der Waals surface area contributed by atoms with Crippen molar-refractivity contribution in [1.29, 1.82) is 0 Å². The van der Waals surface area contributed by atoms with E-state index in [-0.39, 0.29) is 9.92 Å². The summed E-state index contributed by atoms with van der Waals surface area (Å²) in [4.78, 5) is 1.50. The van der Waals surface area contributed by atoms with Crippen molar-refractivity contribution in [2.45, 2.75) is 30.3 Å². The van der Waals surface area contributed by atoms with E-state index in [9.17, 15) is 8.42 Å². The number of hydrogen-bond donors (Lipinski definition) is 1. The zero-order valence-corrected chi connectivity index (χ0v) is 15.8. The molecule has 0 bridgehead atoms. The van der Waals surface area contributed by atoms with E-state index in [1.807, 2.05) is 0 Å². The van der Waals surface area contributed by atoms with Gasteiger partial charge in [-0.15, -0.1) is 0 Å². The van der Waals surface area contributed by atoms with Crippen LogP contribution in [-0.4, -0.2) is 58.2 Å². The Labute approximate surface area is 153 Å². The van der Waals surface area contributed by atoms with Crippen molar-refractivity contribution in [2.24, 2.45) is 0 Å². The van der Waals surface area contributed by atoms with Crippen LogP contribution in [0.25, 0.3) is 0 Å². The Morgan fingerprint density at radius 1 is 1.21 bits per heavy atom. The van der Waals surface area contributed by atoms with Crippen molar-refractivity contribution in [3.8, 4) is 0 Å². The Balaban J connectivity index is 1.62. The first-order valence-electron chi connectivity index (χ1n) is 8.37. The number of rotatable bonds is 4. The molecule has 1 atom stereocenters. The monoisotopic (exact) mass is 393 g/mol. The first-order chi connectivity index (χ1) is 11.5. The Kier molecular flexibility index (Phi) is 6.06. The van der Waals surface area contributed by atoms with Crippen LogP contribution in [0.4, 0.5) is 0 Å². The molecule has 0 amide bonds. The van der Waals surface area contributed by atoms with E-state index in [0.29, 0.717) is 24.2 Å². The van der Waals surface area contributed by atoms with Gasteiger partial charge < -0.3 is 9.64 Å². The molecule has 1 aromatic carbocycles. The third-order valence-electron chi connectivity index (χ3n) is 4.73. The minimum Gasteiger partial charge on any atom is -0.372 e. The summed E-state index contributed by atoms with van der Waals surface area (Å²) in [5, 5.41) is 0.585. The second-order valence-electron chi connectivity index (χ2n) is 6.42. The predicted octanol–water partition coefficient (Wildman–Crippen LogP) is 1.45. The average Bonchev–Trinajstić information content (AvgIpc) is 2.58. The van der Waals surface area contributed by atoms with E-state index in [4.69, 9.17) is 27.9 Å². The number of piperazine rings is 1. The Morgan fingerprint density at radius 2 is 1.96 bits per heavy atom. The zero-order chi connectivity index (χ0) is 17.2. The van der Waals surface area contributed by atoms with Gasteiger partial charge in [0.1, 0.15) is 17.5 Å². The molecule has 2 aliphatic rings. The van der Waals surface area contributed by atoms with Crippen molar-refractivity contribution in [3.05, 3.63) is 28.2 Å². The number of ether oxygens (including phenoxy) is 1. The molecule has 5 nitrogen and oxygen atoms in total. The van der Waals surface area contributed by atoms with E-state index in [0.717, 1.165) is 39.1 Å². The molecule has 24 heavy (non-hydrogen) atoms. The van der Waals surface area contributed by atoms with Gasteiger partial charge in [0.2, 0.25) is 10.0 Å². The fourth-order valence-corrected chi connectivity index (χ4v) is 5.53. The van der Waals surface area contributed by atoms with Crippen LogP contribution in [0.3, 0.4) is 0 Å². The van der Waals surface area contributed by atoms with Gasteiger partial charge in [0.25, 0.3) is 0 Å². The molecule has 2 aliphatic heterocycles. The van der Waals surface area contributed by atoms with Crippen molar-refractivity contribution in [3.63, 3.8) is 0 Å². The van der Waals surface area contributed by atoms with Crippen molar-refractivity contribution < 1.29 is 18.1 Å². The lowest BCUT2D eigenvalue weighted by atomic mass is 10.1. The van der Waals surface area contributed by atoms with Crippen LogP contribution >= 0.6 is 23.2 Å². The number of sulfonamides is 1. The van der Waals surface area contributed by atoms with Crippen LogP contribution in [-0.2, 0) is 14.8 Å². The number of nitrogens with zero attached hydrogens (tertiary/aromatic N) is 1. The summed E-state index contributed by atoms with van der Waals surface area (Å²) in [5.74, 6) is 0. The smallest absolute Gasteiger partial charge is 0.245 e. The lowest BCUT2D eigenvalue weighted by molar-refractivity contribution is -0.907. The molecule has 2 fully saturated rings. The van der Waals surface area contributed by atoms with Gasteiger partial charge in [-0.2, -0.15) is 4.31 Å². The molecule has 0 saturated carbocycles. The van der Waals surface area contributed by atoms with Crippen LogP contribution in [0.1, 0.15) is 19.3 Å². The minimum absolute atomic E-state index is 0.0933. The van der Waals surface area contributed by atoms with Gasteiger partial charge in [-0.25, -0.2) is 8.42 Å². The van der Waals surface area contributed by atoms with E-state index >= 15 is 0 Å². The van der Waals surface area contributed by atoms with Crippen LogP contribution < -0.4 is 4.90 Å². The number of nitrogens with one attached hydrogen (secondary N) is 1. The molecule has 2 heterocycles. The Hall–Kier alpha value is -0.370. The van der Waals surface area contributed by atoms with E-state index in [2.05, 4.69) is 0 Å². The van der Waals surface area contributed by atoms with Gasteiger partial charge in [-0.05, 0) is 37.5 Å². The molecular formula is C16H23Cl2N2O3S+. The summed E-state index contributed by atoms with van der Waals surface area (Å²) in [6, 6.07) is 4.54. The molecule has 0 aromatic heterocycles. The van der Waals surface area contributed by atoms with Gasteiger partial charge >= 0.3 is 0 Å². The fraction of sp³-hybridized carbons (Fsp3) is 0.625. The lowest BCUT2D eigenvalue weighted by Crippen LogP contribution is -3.15. The largest absolute Gasteiger partial charge is 0.372 e. The van der Waals surface area contributed by atoms with E-state index in [1.54, 1.807) is 6.07 Å². The number of halogens is 2. The van der Waals surface area contributed by atoms with Crippen molar-refractivity contribution in [2.75, 3.05) is 39.3 Å². The molecule has 0 radical (unpaired) electrons. The van der Waals surface area contributed by atoms with Crippen molar-refractivity contribution in [1.82, 2.24) is 4.31 Å². The molecule has 1 aromatic rings. The zero-order valence-electron chi connectivity index (χ0n) is 13.5. The lowest BCUT2D eigenvalue weighted by Gasteiger charge is -2.34. The standard InChI is InChI=1S/C16H22Cl2N2O3S/c17-13-4-5-15(18)16(11-13)24(21,22)20-8-6-19(7-9-20)12-14-3-1-2-10-23-14/h4-5,11,14H,1-3,6-10,12H2/p+1/t14-/m1/s1. The molecular weight excluding hydrogens is 371 g/mol. The first-order valence-corrected chi connectivity index (χ1v) is 10.6. The van der Waals surface area contributed by atoms with Gasteiger partial charge in [0.05, 0.1) is 31.2 Å². The Bertz CT molecular complexity index is 670. The Morgan fingerprint density at radius 3 is 2.62 bits per heavy atom. The van der Waals surface area contributed by atoms with Crippen LogP contribution in [0, 0.1) is 0 Å². The highest BCUT2D eigenvalue weighted by atomic mass is 35.5. The maximum atomic E-state index is 12.8. The predicted molar refractivity (Wildman–Crippen MR) is 94.4 cm³/mol. The third-order valence-corrected chi connectivity index (χ3v) is 7.35. The highest BCUT2D eigenvalue weighted by molar-refractivity contribution is 7.89. The molecule has 0 spiro atoms. The fourth-order valence-electron chi connectivity index (χ4n) is 3.35. The highest BCUT2D eigenvalue weighted by Gasteiger charge is 2.33. The van der Waals surface area contributed by atoms with Gasteiger partial charge in [0.15, 0.2) is 0 Å². The summed E-state index contributed by atoms with van der Waals surface area (Å²) >= 11 is 12.0. The minimum atomic E-state index is -3.60. The molecule has 134 valence electrons. The summed E-state index contributed by atoms with van der Waals surface area (Å²) in [6.45, 7) is 4.38. The summed E-state index contributed by atoms with van der Waals surface area (Å²) in [7, 11) is -3.60. The first kappa shape index (κ1) is 18.4. The van der Waals surface area contributed by atoms with E-state index in [1.165, 1.54) is 27.8 Å². The summed E-state index contributed by atoms with van der Waals surface area (Å²) < 4.78 is 32.9. The number of quaternary nitrogens is 1. The maximum absolute atomic E-state index is 12.8. The second kappa shape index (κ2) is 7.89. The van der Waals surface area contributed by atoms with Crippen LogP contribution in [0.2, 0.25) is 10.0 Å². The molecule has 8 heteroatoms. The molecule has 3 rings (SSSR count). The van der Waals surface area contributed by atoms with Gasteiger partial charge in [0, 0.05) is 11.6 Å². The van der Waals surface area contributed by atoms with Crippen molar-refractivity contribution >= 4 is 33.2 Å². The number of benzene rings is 1.